The van der Waals surface area contributed by atoms with Crippen LogP contribution in [-0.2, 0) is 21.3 Å². The zero-order chi connectivity index (χ0) is 28.0. The molecule has 12 nitrogen and oxygen atoms in total. The van der Waals surface area contributed by atoms with Crippen molar-refractivity contribution in [3.8, 4) is 17.2 Å². The van der Waals surface area contributed by atoms with Crippen LogP contribution in [0.1, 0.15) is 26.3 Å². The lowest BCUT2D eigenvalue weighted by atomic mass is 10.0. The fourth-order valence-electron chi connectivity index (χ4n) is 3.40. The van der Waals surface area contributed by atoms with E-state index in [2.05, 4.69) is 5.32 Å². The number of fused-ring (bicyclic) bond motifs is 1. The molecule has 0 saturated carbocycles. The number of hydrogen-bond acceptors (Lipinski definition) is 9. The highest BCUT2D eigenvalue weighted by molar-refractivity contribution is 7.89. The topological polar surface area (TPSA) is 151 Å². The maximum absolute atomic E-state index is 13.3. The van der Waals surface area contributed by atoms with Crippen LogP contribution >= 0.6 is 0 Å². The third kappa shape index (κ3) is 7.49. The van der Waals surface area contributed by atoms with E-state index in [9.17, 15) is 18.3 Å². The number of nitrogens with zero attached hydrogens (tertiary/aromatic N) is 2. The van der Waals surface area contributed by atoms with E-state index in [0.29, 0.717) is 16.0 Å². The Kier molecular flexibility index (Phi) is 9.41. The largest absolute Gasteiger partial charge is 0.454 e. The number of amides is 1. The van der Waals surface area contributed by atoms with E-state index >= 15 is 0 Å². The molecular formula is C25H34N4O8S. The number of hydroxylamine groups is 1. The molecule has 2 aromatic carbocycles. The minimum absolute atomic E-state index is 0.0102. The number of rotatable bonds is 10. The number of aliphatic hydroxyl groups excluding tert-OH is 1. The number of benzene rings is 2. The van der Waals surface area contributed by atoms with Gasteiger partial charge in [-0.15, -0.1) is 0 Å². The molecule has 0 aromatic heterocycles. The van der Waals surface area contributed by atoms with Gasteiger partial charge in [-0.25, -0.2) is 13.2 Å². The molecule has 0 fully saturated rings. The summed E-state index contributed by atoms with van der Waals surface area (Å²) in [5.74, 6) is 1.01. The van der Waals surface area contributed by atoms with Crippen LogP contribution in [0.4, 0.5) is 4.79 Å². The first-order chi connectivity index (χ1) is 17.9. The number of amidine groups is 1. The van der Waals surface area contributed by atoms with Gasteiger partial charge in [0.25, 0.3) is 16.0 Å². The van der Waals surface area contributed by atoms with E-state index < -0.39 is 28.3 Å². The zero-order valence-corrected chi connectivity index (χ0v) is 22.8. The molecular weight excluding hydrogens is 516 g/mol. The SMILES string of the molecule is CC(C)CN(OC(=O)NC(Cc1ccc(OC(=N)N(C)C)cc1)C(C)O)S(=O)(=O)c1ccc2c(c1)OCO2. The van der Waals surface area contributed by atoms with Crippen LogP contribution < -0.4 is 19.5 Å². The first-order valence-electron chi connectivity index (χ1n) is 12.0. The normalized spacial score (nSPS) is 14.2. The highest BCUT2D eigenvalue weighted by Crippen LogP contribution is 2.34. The van der Waals surface area contributed by atoms with Crippen molar-refractivity contribution in [3.63, 3.8) is 0 Å². The van der Waals surface area contributed by atoms with Gasteiger partial charge in [-0.1, -0.05) is 26.0 Å². The predicted octanol–water partition coefficient (Wildman–Crippen LogP) is 2.57. The minimum atomic E-state index is -4.23. The van der Waals surface area contributed by atoms with Gasteiger partial charge in [0.1, 0.15) is 5.75 Å². The van der Waals surface area contributed by atoms with Gasteiger partial charge in [-0.05, 0) is 53.6 Å². The number of nitrogens with one attached hydrogen (secondary N) is 2. The summed E-state index contributed by atoms with van der Waals surface area (Å²) in [6.45, 7) is 4.98. The van der Waals surface area contributed by atoms with Crippen LogP contribution in [0.25, 0.3) is 0 Å². The lowest BCUT2D eigenvalue weighted by Gasteiger charge is -2.26. The molecule has 0 bridgehead atoms. The summed E-state index contributed by atoms with van der Waals surface area (Å²) in [5.41, 5.74) is 0.770. The third-order valence-electron chi connectivity index (χ3n) is 5.49. The molecule has 0 aliphatic carbocycles. The van der Waals surface area contributed by atoms with Crippen LogP contribution in [0.5, 0.6) is 17.2 Å². The first kappa shape index (κ1) is 29.0. The Balaban J connectivity index is 1.70. The molecule has 0 spiro atoms. The quantitative estimate of drug-likeness (QED) is 0.230. The highest BCUT2D eigenvalue weighted by atomic mass is 32.2. The lowest BCUT2D eigenvalue weighted by molar-refractivity contribution is -0.0323. The Labute approximate surface area is 222 Å². The standard InChI is InChI=1S/C25H34N4O8S/c1-16(2)14-29(38(32,33)20-10-11-22-23(13-20)35-15-34-22)37-25(31)27-21(17(3)30)12-18-6-8-19(9-7-18)36-24(26)28(4)5/h6-11,13,16-17,21,26,30H,12,14-15H2,1-5H3,(H,27,31). The van der Waals surface area contributed by atoms with Gasteiger partial charge >= 0.3 is 6.09 Å². The van der Waals surface area contributed by atoms with Gasteiger partial charge in [0.05, 0.1) is 23.6 Å². The number of carbonyl (C=O) groups excluding carboxylic acids is 1. The molecule has 1 heterocycles. The van der Waals surface area contributed by atoms with Gasteiger partial charge in [-0.2, -0.15) is 0 Å². The second-order valence-corrected chi connectivity index (χ2v) is 11.2. The molecule has 2 aromatic rings. The average molecular weight is 551 g/mol. The Bertz CT molecular complexity index is 1230. The van der Waals surface area contributed by atoms with Crippen molar-refractivity contribution < 1.29 is 37.4 Å². The molecule has 0 saturated heterocycles. The van der Waals surface area contributed by atoms with E-state index in [0.717, 1.165) is 5.56 Å². The maximum Gasteiger partial charge on any atom is 0.427 e. The maximum atomic E-state index is 13.3. The fraction of sp³-hybridized carbons (Fsp3) is 0.440. The summed E-state index contributed by atoms with van der Waals surface area (Å²) in [6.07, 6.45) is -1.76. The molecule has 1 amide bonds. The summed E-state index contributed by atoms with van der Waals surface area (Å²) >= 11 is 0. The van der Waals surface area contributed by atoms with Crippen LogP contribution in [-0.4, -0.2) is 74.6 Å². The molecule has 3 N–H and O–H groups in total. The van der Waals surface area contributed by atoms with Gasteiger partial charge < -0.3 is 34.4 Å². The number of sulfonamides is 1. The first-order valence-corrected chi connectivity index (χ1v) is 13.4. The third-order valence-corrected chi connectivity index (χ3v) is 7.10. The van der Waals surface area contributed by atoms with Crippen molar-refractivity contribution in [3.05, 3.63) is 48.0 Å². The molecule has 2 atom stereocenters. The Hall–Kier alpha value is -3.55. The highest BCUT2D eigenvalue weighted by Gasteiger charge is 2.32. The predicted molar refractivity (Wildman–Crippen MR) is 139 cm³/mol. The van der Waals surface area contributed by atoms with Crippen LogP contribution in [0.2, 0.25) is 0 Å². The van der Waals surface area contributed by atoms with Crippen LogP contribution in [0.15, 0.2) is 47.4 Å². The second kappa shape index (κ2) is 12.3. The molecule has 38 heavy (non-hydrogen) atoms. The van der Waals surface area contributed by atoms with Crippen LogP contribution in [0.3, 0.4) is 0 Å². The summed E-state index contributed by atoms with van der Waals surface area (Å²) in [6, 6.07) is 10.2. The van der Waals surface area contributed by atoms with Crippen molar-refractivity contribution in [2.45, 2.75) is 44.2 Å². The minimum Gasteiger partial charge on any atom is -0.454 e. The van der Waals surface area contributed by atoms with E-state index in [1.54, 1.807) is 52.2 Å². The molecule has 0 radical (unpaired) electrons. The van der Waals surface area contributed by atoms with Gasteiger partial charge in [0.2, 0.25) is 6.79 Å². The molecule has 3 rings (SSSR count). The van der Waals surface area contributed by atoms with E-state index in [-0.39, 0.29) is 42.3 Å². The van der Waals surface area contributed by atoms with Crippen molar-refractivity contribution >= 4 is 22.1 Å². The van der Waals surface area contributed by atoms with Gasteiger partial charge in [-0.3, -0.25) is 5.41 Å². The van der Waals surface area contributed by atoms with E-state index in [1.165, 1.54) is 30.0 Å². The summed E-state index contributed by atoms with van der Waals surface area (Å²) in [4.78, 5) is 19.5. The second-order valence-electron chi connectivity index (χ2n) is 9.42. The molecule has 1 aliphatic heterocycles. The Morgan fingerprint density at radius 3 is 2.37 bits per heavy atom. The lowest BCUT2D eigenvalue weighted by Crippen LogP contribution is -2.47. The molecule has 2 unspecified atom stereocenters. The number of carbonyl (C=O) groups is 1. The molecule has 208 valence electrons. The summed E-state index contributed by atoms with van der Waals surface area (Å²) in [7, 11) is -0.847. The van der Waals surface area contributed by atoms with Crippen molar-refractivity contribution in [2.75, 3.05) is 27.4 Å². The smallest absolute Gasteiger partial charge is 0.427 e. The van der Waals surface area contributed by atoms with Crippen molar-refractivity contribution in [2.24, 2.45) is 5.92 Å². The Morgan fingerprint density at radius 1 is 1.11 bits per heavy atom. The van der Waals surface area contributed by atoms with Crippen molar-refractivity contribution in [1.29, 1.82) is 5.41 Å². The van der Waals surface area contributed by atoms with Crippen molar-refractivity contribution in [1.82, 2.24) is 14.7 Å². The number of aliphatic hydroxyl groups is 1. The fourth-order valence-corrected chi connectivity index (χ4v) is 4.79. The Morgan fingerprint density at radius 2 is 1.76 bits per heavy atom. The van der Waals surface area contributed by atoms with E-state index in [1.807, 2.05) is 0 Å². The summed E-state index contributed by atoms with van der Waals surface area (Å²) < 4.78 is 43.2. The van der Waals surface area contributed by atoms with E-state index in [4.69, 9.17) is 24.5 Å². The number of ether oxygens (including phenoxy) is 3. The average Bonchev–Trinajstić information content (AvgIpc) is 3.32. The monoisotopic (exact) mass is 550 g/mol. The zero-order valence-electron chi connectivity index (χ0n) is 22.0. The van der Waals surface area contributed by atoms with Gasteiger partial charge in [0, 0.05) is 20.2 Å². The summed E-state index contributed by atoms with van der Waals surface area (Å²) in [5, 5.41) is 20.6. The van der Waals surface area contributed by atoms with Crippen LogP contribution in [0, 0.1) is 11.3 Å². The van der Waals surface area contributed by atoms with Gasteiger partial charge in [0.15, 0.2) is 11.5 Å². The molecule has 1 aliphatic rings. The number of hydrogen-bond donors (Lipinski definition) is 3. The molecule has 13 heteroatoms.